The largest absolute Gasteiger partial charge is 0.462 e. The van der Waals surface area contributed by atoms with Gasteiger partial charge in [0.1, 0.15) is 11.6 Å². The van der Waals surface area contributed by atoms with Gasteiger partial charge in [-0.2, -0.15) is 5.26 Å². The Morgan fingerprint density at radius 1 is 1.15 bits per heavy atom. The zero-order chi connectivity index (χ0) is 19.6. The maximum Gasteiger partial charge on any atom is 0.340 e. The van der Waals surface area contributed by atoms with Crippen molar-refractivity contribution in [2.45, 2.75) is 20.4 Å². The predicted molar refractivity (Wildman–Crippen MR) is 103 cm³/mol. The number of ether oxygens (including phenoxy) is 1. The molecule has 2 aromatic carbocycles. The van der Waals surface area contributed by atoms with Crippen molar-refractivity contribution in [1.29, 1.82) is 5.26 Å². The molecule has 138 valence electrons. The molecule has 0 aromatic heterocycles. The lowest BCUT2D eigenvalue weighted by molar-refractivity contribution is -0.112. The first kappa shape index (κ1) is 19.7. The number of nitrogens with one attached hydrogen (secondary N) is 2. The summed E-state index contributed by atoms with van der Waals surface area (Å²) in [5.74, 6) is -1.14. The van der Waals surface area contributed by atoms with Gasteiger partial charge in [-0.3, -0.25) is 4.79 Å². The van der Waals surface area contributed by atoms with E-state index in [0.29, 0.717) is 12.2 Å². The Labute approximate surface area is 158 Å². The molecule has 27 heavy (non-hydrogen) atoms. The number of amides is 1. The van der Waals surface area contributed by atoms with Gasteiger partial charge in [0.05, 0.1) is 17.9 Å². The Hall–Kier alpha value is -3.59. The number of esters is 1. The van der Waals surface area contributed by atoms with Crippen molar-refractivity contribution in [1.82, 2.24) is 5.32 Å². The van der Waals surface area contributed by atoms with E-state index in [1.807, 2.05) is 37.3 Å². The van der Waals surface area contributed by atoms with Crippen LogP contribution in [0.1, 0.15) is 28.4 Å². The van der Waals surface area contributed by atoms with Crippen molar-refractivity contribution in [3.8, 4) is 6.07 Å². The van der Waals surface area contributed by atoms with Crippen molar-refractivity contribution in [2.75, 3.05) is 11.9 Å². The number of aryl methyl sites for hydroxylation is 1. The van der Waals surface area contributed by atoms with E-state index < -0.39 is 11.9 Å². The van der Waals surface area contributed by atoms with Gasteiger partial charge in [-0.1, -0.05) is 42.0 Å². The van der Waals surface area contributed by atoms with E-state index in [2.05, 4.69) is 10.6 Å². The Morgan fingerprint density at radius 3 is 2.52 bits per heavy atom. The summed E-state index contributed by atoms with van der Waals surface area (Å²) in [5, 5.41) is 14.8. The zero-order valence-electron chi connectivity index (χ0n) is 15.3. The lowest BCUT2D eigenvalue weighted by atomic mass is 10.1. The van der Waals surface area contributed by atoms with Crippen LogP contribution in [0.3, 0.4) is 0 Å². The average molecular weight is 363 g/mol. The molecule has 0 unspecified atom stereocenters. The van der Waals surface area contributed by atoms with E-state index in [4.69, 9.17) is 4.74 Å². The lowest BCUT2D eigenvalue weighted by Gasteiger charge is -2.10. The fraction of sp³-hybridized carbons (Fsp3) is 0.190. The van der Waals surface area contributed by atoms with Crippen LogP contribution in [0, 0.1) is 18.3 Å². The molecule has 0 saturated heterocycles. The number of nitrogens with zero attached hydrogens (tertiary/aromatic N) is 1. The number of rotatable bonds is 7. The summed E-state index contributed by atoms with van der Waals surface area (Å²) in [6, 6.07) is 16.3. The molecule has 1 amide bonds. The van der Waals surface area contributed by atoms with Gasteiger partial charge in [0.15, 0.2) is 0 Å². The first-order chi connectivity index (χ1) is 13.0. The van der Waals surface area contributed by atoms with E-state index in [-0.39, 0.29) is 17.7 Å². The molecule has 0 spiro atoms. The summed E-state index contributed by atoms with van der Waals surface area (Å²) in [6.07, 6.45) is 1.36. The SMILES string of the molecule is CCOC(=O)c1ccccc1NC(=O)/C(C#N)=C\NCc1ccc(C)cc1. The second-order valence-electron chi connectivity index (χ2n) is 5.76. The minimum absolute atomic E-state index is 0.0965. The molecule has 6 heteroatoms. The number of anilines is 1. The van der Waals surface area contributed by atoms with Crippen LogP contribution in [0.4, 0.5) is 5.69 Å². The highest BCUT2D eigenvalue weighted by Crippen LogP contribution is 2.17. The summed E-state index contributed by atoms with van der Waals surface area (Å²) in [5.41, 5.74) is 2.62. The summed E-state index contributed by atoms with van der Waals surface area (Å²) in [4.78, 5) is 24.3. The molecule has 0 radical (unpaired) electrons. The molecule has 0 saturated carbocycles. The molecule has 6 nitrogen and oxygen atoms in total. The molecule has 0 bridgehead atoms. The topological polar surface area (TPSA) is 91.2 Å². The number of hydrogen-bond acceptors (Lipinski definition) is 5. The molecule has 2 N–H and O–H groups in total. The normalized spacial score (nSPS) is 10.6. The Bertz CT molecular complexity index is 880. The Balaban J connectivity index is 2.06. The van der Waals surface area contributed by atoms with E-state index in [1.54, 1.807) is 31.2 Å². The van der Waals surface area contributed by atoms with Crippen molar-refractivity contribution >= 4 is 17.6 Å². The third-order valence-corrected chi connectivity index (χ3v) is 3.71. The van der Waals surface area contributed by atoms with Crippen LogP contribution in [-0.2, 0) is 16.1 Å². The maximum atomic E-state index is 12.4. The second kappa shape index (κ2) is 9.78. The zero-order valence-corrected chi connectivity index (χ0v) is 15.3. The van der Waals surface area contributed by atoms with Gasteiger partial charge in [-0.25, -0.2) is 4.79 Å². The minimum Gasteiger partial charge on any atom is -0.462 e. The first-order valence-electron chi connectivity index (χ1n) is 8.51. The fourth-order valence-electron chi connectivity index (χ4n) is 2.29. The lowest BCUT2D eigenvalue weighted by Crippen LogP contribution is -2.19. The molecule has 0 atom stereocenters. The third-order valence-electron chi connectivity index (χ3n) is 3.71. The van der Waals surface area contributed by atoms with Crippen molar-refractivity contribution in [3.05, 3.63) is 77.0 Å². The number of hydrogen-bond donors (Lipinski definition) is 2. The summed E-state index contributed by atoms with van der Waals surface area (Å²) in [7, 11) is 0. The number of para-hydroxylation sites is 1. The molecule has 0 fully saturated rings. The molecule has 2 aromatic rings. The molecular weight excluding hydrogens is 342 g/mol. The van der Waals surface area contributed by atoms with Gasteiger partial charge >= 0.3 is 5.97 Å². The number of nitriles is 1. The van der Waals surface area contributed by atoms with E-state index in [9.17, 15) is 14.9 Å². The second-order valence-corrected chi connectivity index (χ2v) is 5.76. The standard InChI is InChI=1S/C21H21N3O3/c1-3-27-21(26)18-6-4-5-7-19(18)24-20(25)17(12-22)14-23-13-16-10-8-15(2)9-11-16/h4-11,14,23H,3,13H2,1-2H3,(H,24,25)/b17-14-. The van der Waals surface area contributed by atoms with Gasteiger partial charge in [0.2, 0.25) is 0 Å². The molecule has 0 aliphatic rings. The number of benzene rings is 2. The minimum atomic E-state index is -0.606. The molecular formula is C21H21N3O3. The third kappa shape index (κ3) is 5.72. The number of carbonyl (C=O) groups excluding carboxylic acids is 2. The van der Waals surface area contributed by atoms with Crippen molar-refractivity contribution < 1.29 is 14.3 Å². The maximum absolute atomic E-state index is 12.4. The van der Waals surface area contributed by atoms with E-state index >= 15 is 0 Å². The van der Waals surface area contributed by atoms with Crippen molar-refractivity contribution in [2.24, 2.45) is 0 Å². The average Bonchev–Trinajstić information content (AvgIpc) is 2.67. The van der Waals surface area contributed by atoms with Crippen molar-refractivity contribution in [3.63, 3.8) is 0 Å². The number of carbonyl (C=O) groups is 2. The van der Waals surface area contributed by atoms with E-state index in [0.717, 1.165) is 11.1 Å². The molecule has 0 aliphatic heterocycles. The summed E-state index contributed by atoms with van der Waals surface area (Å²) in [6.45, 7) is 4.42. The van der Waals surface area contributed by atoms with Gasteiger partial charge < -0.3 is 15.4 Å². The van der Waals surface area contributed by atoms with Gasteiger partial charge in [0.25, 0.3) is 5.91 Å². The van der Waals surface area contributed by atoms with Crippen LogP contribution in [0.25, 0.3) is 0 Å². The first-order valence-corrected chi connectivity index (χ1v) is 8.51. The Kier molecular flexibility index (Phi) is 7.15. The van der Waals surface area contributed by atoms with Crippen LogP contribution in [-0.4, -0.2) is 18.5 Å². The van der Waals surface area contributed by atoms with E-state index in [1.165, 1.54) is 6.20 Å². The van der Waals surface area contributed by atoms with Gasteiger partial charge in [-0.15, -0.1) is 0 Å². The van der Waals surface area contributed by atoms with Crippen LogP contribution < -0.4 is 10.6 Å². The highest BCUT2D eigenvalue weighted by molar-refractivity contribution is 6.09. The van der Waals surface area contributed by atoms with Gasteiger partial charge in [0, 0.05) is 12.7 Å². The van der Waals surface area contributed by atoms with Crippen LogP contribution >= 0.6 is 0 Å². The molecule has 2 rings (SSSR count). The van der Waals surface area contributed by atoms with Crippen LogP contribution in [0.15, 0.2) is 60.3 Å². The predicted octanol–water partition coefficient (Wildman–Crippen LogP) is 3.31. The van der Waals surface area contributed by atoms with Crippen LogP contribution in [0.2, 0.25) is 0 Å². The fourth-order valence-corrected chi connectivity index (χ4v) is 2.29. The molecule has 0 heterocycles. The highest BCUT2D eigenvalue weighted by Gasteiger charge is 2.16. The highest BCUT2D eigenvalue weighted by atomic mass is 16.5. The summed E-state index contributed by atoms with van der Waals surface area (Å²) >= 11 is 0. The summed E-state index contributed by atoms with van der Waals surface area (Å²) < 4.78 is 4.98. The Morgan fingerprint density at radius 2 is 1.85 bits per heavy atom. The quantitative estimate of drug-likeness (QED) is 0.447. The molecule has 0 aliphatic carbocycles. The van der Waals surface area contributed by atoms with Crippen LogP contribution in [0.5, 0.6) is 0 Å². The monoisotopic (exact) mass is 363 g/mol. The van der Waals surface area contributed by atoms with Gasteiger partial charge in [-0.05, 0) is 31.5 Å². The smallest absolute Gasteiger partial charge is 0.340 e.